The van der Waals surface area contributed by atoms with Gasteiger partial charge in [0.25, 0.3) is 0 Å². The van der Waals surface area contributed by atoms with E-state index >= 15 is 0 Å². The van der Waals surface area contributed by atoms with E-state index in [0.717, 1.165) is 6.42 Å². The Balaban J connectivity index is 2.02. The molecule has 0 saturated heterocycles. The molecule has 0 radical (unpaired) electrons. The van der Waals surface area contributed by atoms with Crippen LogP contribution in [0, 0.1) is 0 Å². The highest BCUT2D eigenvalue weighted by molar-refractivity contribution is 5.85. The highest BCUT2D eigenvalue weighted by atomic mass is 16.5. The van der Waals surface area contributed by atoms with Crippen LogP contribution in [0.15, 0.2) is 42.5 Å². The van der Waals surface area contributed by atoms with E-state index in [1.807, 2.05) is 7.05 Å². The molecule has 3 nitrogen and oxygen atoms in total. The molecule has 0 heterocycles. The number of rotatable bonds is 8. The Morgan fingerprint density at radius 3 is 2.65 bits per heavy atom. The highest BCUT2D eigenvalue weighted by Gasteiger charge is 2.09. The van der Waals surface area contributed by atoms with E-state index in [1.54, 1.807) is 7.11 Å². The summed E-state index contributed by atoms with van der Waals surface area (Å²) >= 11 is 0. The molecule has 108 valence electrons. The fourth-order valence-electron chi connectivity index (χ4n) is 2.35. The number of benzene rings is 2. The zero-order chi connectivity index (χ0) is 14.2. The molecule has 0 spiro atoms. The average Bonchev–Trinajstić information content (AvgIpc) is 2.50. The minimum atomic E-state index is 0.317. The summed E-state index contributed by atoms with van der Waals surface area (Å²) in [6, 6.07) is 15.3. The van der Waals surface area contributed by atoms with Crippen molar-refractivity contribution >= 4 is 10.8 Å². The molecule has 3 heteroatoms. The van der Waals surface area contributed by atoms with Crippen molar-refractivity contribution < 1.29 is 9.47 Å². The molecule has 0 aromatic heterocycles. The van der Waals surface area contributed by atoms with E-state index in [9.17, 15) is 0 Å². The molecule has 0 bridgehead atoms. The fourth-order valence-corrected chi connectivity index (χ4v) is 2.35. The lowest BCUT2D eigenvalue weighted by molar-refractivity contribution is 0.0598. The largest absolute Gasteiger partial charge is 0.382 e. The quantitative estimate of drug-likeness (QED) is 0.750. The minimum absolute atomic E-state index is 0.317. The summed E-state index contributed by atoms with van der Waals surface area (Å²) in [6.07, 6.45) is 0.963. The number of hydrogen-bond acceptors (Lipinski definition) is 3. The Morgan fingerprint density at radius 2 is 1.85 bits per heavy atom. The normalized spacial score (nSPS) is 12.7. The zero-order valence-electron chi connectivity index (χ0n) is 12.3. The molecule has 0 aliphatic heterocycles. The third-order valence-corrected chi connectivity index (χ3v) is 3.51. The first-order valence-corrected chi connectivity index (χ1v) is 7.05. The van der Waals surface area contributed by atoms with Crippen LogP contribution >= 0.6 is 0 Å². The van der Waals surface area contributed by atoms with Gasteiger partial charge in [0, 0.05) is 13.2 Å². The van der Waals surface area contributed by atoms with Crippen LogP contribution < -0.4 is 5.32 Å². The van der Waals surface area contributed by atoms with Gasteiger partial charge >= 0.3 is 0 Å². The van der Waals surface area contributed by atoms with E-state index in [2.05, 4.69) is 47.8 Å². The lowest BCUT2D eigenvalue weighted by Gasteiger charge is -2.17. The van der Waals surface area contributed by atoms with Gasteiger partial charge in [-0.25, -0.2) is 0 Å². The van der Waals surface area contributed by atoms with Gasteiger partial charge in [-0.3, -0.25) is 0 Å². The van der Waals surface area contributed by atoms with Crippen molar-refractivity contribution in [2.24, 2.45) is 0 Å². The molecule has 1 atom stereocenters. The number of nitrogens with one attached hydrogen (secondary N) is 1. The Hall–Kier alpha value is -1.42. The van der Waals surface area contributed by atoms with Gasteiger partial charge in [0.15, 0.2) is 0 Å². The molecular formula is C17H23NO2. The molecule has 0 amide bonds. The van der Waals surface area contributed by atoms with Gasteiger partial charge in [-0.2, -0.15) is 0 Å². The van der Waals surface area contributed by atoms with Gasteiger partial charge < -0.3 is 14.8 Å². The summed E-state index contributed by atoms with van der Waals surface area (Å²) in [5, 5.41) is 5.94. The number of ether oxygens (including phenoxy) is 2. The van der Waals surface area contributed by atoms with Crippen molar-refractivity contribution in [3.8, 4) is 0 Å². The van der Waals surface area contributed by atoms with Crippen LogP contribution in [0.3, 0.4) is 0 Å². The molecule has 0 aliphatic rings. The molecule has 1 N–H and O–H groups in total. The monoisotopic (exact) mass is 273 g/mol. The Kier molecular flexibility index (Phi) is 5.99. The number of hydrogen-bond donors (Lipinski definition) is 1. The summed E-state index contributed by atoms with van der Waals surface area (Å²) in [4.78, 5) is 0. The van der Waals surface area contributed by atoms with Crippen LogP contribution in [0.1, 0.15) is 5.56 Å². The van der Waals surface area contributed by atoms with E-state index in [0.29, 0.717) is 25.9 Å². The Bertz CT molecular complexity index is 522. The minimum Gasteiger partial charge on any atom is -0.382 e. The van der Waals surface area contributed by atoms with Gasteiger partial charge in [-0.05, 0) is 29.8 Å². The smallest absolute Gasteiger partial charge is 0.0701 e. The lowest BCUT2D eigenvalue weighted by Crippen LogP contribution is -2.33. The van der Waals surface area contributed by atoms with Gasteiger partial charge in [0.2, 0.25) is 0 Å². The predicted molar refractivity (Wildman–Crippen MR) is 83.2 cm³/mol. The second kappa shape index (κ2) is 8.00. The van der Waals surface area contributed by atoms with Crippen LogP contribution in [0.2, 0.25) is 0 Å². The van der Waals surface area contributed by atoms with Gasteiger partial charge in [0.1, 0.15) is 0 Å². The van der Waals surface area contributed by atoms with Crippen LogP contribution in [-0.4, -0.2) is 40.0 Å². The number of methoxy groups -OCH3 is 1. The van der Waals surface area contributed by atoms with E-state index in [-0.39, 0.29) is 0 Å². The first kappa shape index (κ1) is 15.0. The maximum atomic E-state index is 5.62. The van der Waals surface area contributed by atoms with Gasteiger partial charge in [-0.1, -0.05) is 42.5 Å². The van der Waals surface area contributed by atoms with Crippen LogP contribution in [0.4, 0.5) is 0 Å². The molecule has 0 saturated carbocycles. The van der Waals surface area contributed by atoms with Crippen molar-refractivity contribution in [3.05, 3.63) is 48.0 Å². The topological polar surface area (TPSA) is 30.5 Å². The van der Waals surface area contributed by atoms with Crippen LogP contribution in [0.5, 0.6) is 0 Å². The molecule has 2 rings (SSSR count). The average molecular weight is 273 g/mol. The third kappa shape index (κ3) is 4.04. The van der Waals surface area contributed by atoms with Gasteiger partial charge in [-0.15, -0.1) is 0 Å². The van der Waals surface area contributed by atoms with E-state index in [4.69, 9.17) is 9.47 Å². The Labute approximate surface area is 120 Å². The van der Waals surface area contributed by atoms with Crippen molar-refractivity contribution in [1.82, 2.24) is 5.32 Å². The molecule has 2 aromatic rings. The summed E-state index contributed by atoms with van der Waals surface area (Å²) in [7, 11) is 3.67. The lowest BCUT2D eigenvalue weighted by atomic mass is 9.99. The first-order valence-electron chi connectivity index (χ1n) is 7.05. The van der Waals surface area contributed by atoms with Crippen molar-refractivity contribution in [2.45, 2.75) is 12.5 Å². The van der Waals surface area contributed by atoms with Gasteiger partial charge in [0.05, 0.1) is 19.8 Å². The first-order chi connectivity index (χ1) is 9.85. The molecule has 0 fully saturated rings. The molecule has 20 heavy (non-hydrogen) atoms. The summed E-state index contributed by atoms with van der Waals surface area (Å²) in [5.74, 6) is 0. The molecule has 0 aliphatic carbocycles. The SMILES string of the molecule is CNC(COCCOC)Cc1cccc2ccccc12. The van der Waals surface area contributed by atoms with Crippen LogP contribution in [-0.2, 0) is 15.9 Å². The second-order valence-electron chi connectivity index (χ2n) is 4.90. The highest BCUT2D eigenvalue weighted by Crippen LogP contribution is 2.19. The standard InChI is InChI=1S/C17H23NO2/c1-18-16(13-20-11-10-19-2)12-15-8-5-7-14-6-3-4-9-17(14)15/h3-9,16,18H,10-13H2,1-2H3. The molecular weight excluding hydrogens is 250 g/mol. The molecule has 2 aromatic carbocycles. The maximum Gasteiger partial charge on any atom is 0.0701 e. The second-order valence-corrected chi connectivity index (χ2v) is 4.90. The maximum absolute atomic E-state index is 5.62. The van der Waals surface area contributed by atoms with Crippen molar-refractivity contribution in [2.75, 3.05) is 34.0 Å². The van der Waals surface area contributed by atoms with E-state index < -0.39 is 0 Å². The summed E-state index contributed by atoms with van der Waals surface area (Å²) < 4.78 is 10.6. The predicted octanol–water partition coefficient (Wildman–Crippen LogP) is 2.63. The van der Waals surface area contributed by atoms with Crippen LogP contribution in [0.25, 0.3) is 10.8 Å². The number of likely N-dealkylation sites (N-methyl/N-ethyl adjacent to an activating group) is 1. The molecule has 1 unspecified atom stereocenters. The fraction of sp³-hybridized carbons (Fsp3) is 0.412. The summed E-state index contributed by atoms with van der Waals surface area (Å²) in [5.41, 5.74) is 1.36. The summed E-state index contributed by atoms with van der Waals surface area (Å²) in [6.45, 7) is 1.98. The number of fused-ring (bicyclic) bond motifs is 1. The van der Waals surface area contributed by atoms with Crippen molar-refractivity contribution in [3.63, 3.8) is 0 Å². The van der Waals surface area contributed by atoms with Crippen molar-refractivity contribution in [1.29, 1.82) is 0 Å². The third-order valence-electron chi connectivity index (χ3n) is 3.51. The zero-order valence-corrected chi connectivity index (χ0v) is 12.3. The van der Waals surface area contributed by atoms with E-state index in [1.165, 1.54) is 16.3 Å². The Morgan fingerprint density at radius 1 is 1.05 bits per heavy atom.